The van der Waals surface area contributed by atoms with Crippen molar-refractivity contribution in [1.82, 2.24) is 20.3 Å². The Bertz CT molecular complexity index is 866. The average molecular weight is 376 g/mol. The molecule has 28 heavy (non-hydrogen) atoms. The molecular formula is C21H24N6O. The Hall–Kier alpha value is -3.19. The van der Waals surface area contributed by atoms with E-state index in [1.54, 1.807) is 0 Å². The first kappa shape index (κ1) is 18.2. The van der Waals surface area contributed by atoms with E-state index < -0.39 is 0 Å². The Morgan fingerprint density at radius 3 is 2.54 bits per heavy atom. The van der Waals surface area contributed by atoms with Crippen molar-refractivity contribution in [2.24, 2.45) is 5.92 Å². The first-order valence-corrected chi connectivity index (χ1v) is 9.59. The fourth-order valence-corrected chi connectivity index (χ4v) is 3.14. The molecular weight excluding hydrogens is 352 g/mol. The highest BCUT2D eigenvalue weighted by atomic mass is 16.5. The molecule has 0 bridgehead atoms. The first-order valence-electron chi connectivity index (χ1n) is 9.59. The molecule has 1 atom stereocenters. The summed E-state index contributed by atoms with van der Waals surface area (Å²) >= 11 is 0. The van der Waals surface area contributed by atoms with E-state index in [1.165, 1.54) is 19.2 Å². The summed E-state index contributed by atoms with van der Waals surface area (Å²) in [6.07, 6.45) is 3.97. The maximum atomic E-state index is 5.81. The summed E-state index contributed by atoms with van der Waals surface area (Å²) in [5, 5.41) is 9.94. The van der Waals surface area contributed by atoms with Gasteiger partial charge in [-0.15, -0.1) is 0 Å². The van der Waals surface area contributed by atoms with Crippen LogP contribution in [0.1, 0.15) is 12.8 Å². The van der Waals surface area contributed by atoms with E-state index in [0.717, 1.165) is 36.8 Å². The molecule has 1 unspecified atom stereocenters. The molecule has 1 aromatic heterocycles. The number of aromatic nitrogens is 3. The van der Waals surface area contributed by atoms with Crippen LogP contribution < -0.4 is 20.7 Å². The van der Waals surface area contributed by atoms with E-state index in [-0.39, 0.29) is 0 Å². The smallest absolute Gasteiger partial charge is 0.231 e. The highest BCUT2D eigenvalue weighted by molar-refractivity contribution is 5.55. The Kier molecular flexibility index (Phi) is 5.94. The van der Waals surface area contributed by atoms with Gasteiger partial charge in [0, 0.05) is 12.2 Å². The molecule has 144 valence electrons. The Labute approximate surface area is 164 Å². The largest absolute Gasteiger partial charge is 0.457 e. The molecule has 0 aliphatic carbocycles. The summed E-state index contributed by atoms with van der Waals surface area (Å²) in [6, 6.07) is 17.4. The number of nitrogens with one attached hydrogen (secondary N) is 3. The summed E-state index contributed by atoms with van der Waals surface area (Å²) in [5.74, 6) is 3.29. The van der Waals surface area contributed by atoms with E-state index in [0.29, 0.717) is 17.8 Å². The molecule has 0 radical (unpaired) electrons. The van der Waals surface area contributed by atoms with Gasteiger partial charge in [0.1, 0.15) is 17.8 Å². The molecule has 1 fully saturated rings. The predicted octanol–water partition coefficient (Wildman–Crippen LogP) is 3.82. The fraction of sp³-hybridized carbons (Fsp3) is 0.286. The first-order chi connectivity index (χ1) is 13.8. The molecule has 2 aromatic carbocycles. The molecule has 0 spiro atoms. The van der Waals surface area contributed by atoms with Gasteiger partial charge in [0.25, 0.3) is 0 Å². The molecule has 3 N–H and O–H groups in total. The molecule has 0 saturated carbocycles. The molecule has 4 rings (SSSR count). The summed E-state index contributed by atoms with van der Waals surface area (Å²) in [5.41, 5.74) is 0.883. The van der Waals surface area contributed by atoms with Crippen molar-refractivity contribution in [3.8, 4) is 11.5 Å². The van der Waals surface area contributed by atoms with Gasteiger partial charge in [-0.05, 0) is 68.2 Å². The van der Waals surface area contributed by atoms with E-state index in [1.807, 2.05) is 54.6 Å². The van der Waals surface area contributed by atoms with Crippen molar-refractivity contribution in [2.45, 2.75) is 12.8 Å². The highest BCUT2D eigenvalue weighted by Crippen LogP contribution is 2.23. The second-order valence-electron chi connectivity index (χ2n) is 6.79. The zero-order chi connectivity index (χ0) is 19.0. The van der Waals surface area contributed by atoms with Gasteiger partial charge in [0.15, 0.2) is 0 Å². The predicted molar refractivity (Wildman–Crippen MR) is 110 cm³/mol. The Morgan fingerprint density at radius 2 is 1.75 bits per heavy atom. The standard InChI is InChI=1S/C21H24N6O/c1-2-6-18(7-3-1)28-19-10-8-17(9-11-19)26-21-25-15-24-20(27-21)23-14-16-5-4-12-22-13-16/h1-3,6-11,15-16,22H,4-5,12-14H2,(H2,23,24,25,26,27). The fourth-order valence-electron chi connectivity index (χ4n) is 3.14. The van der Waals surface area contributed by atoms with Crippen LogP contribution in [-0.2, 0) is 0 Å². The van der Waals surface area contributed by atoms with Gasteiger partial charge in [-0.2, -0.15) is 4.98 Å². The zero-order valence-corrected chi connectivity index (χ0v) is 15.6. The van der Waals surface area contributed by atoms with Crippen molar-refractivity contribution < 1.29 is 4.74 Å². The van der Waals surface area contributed by atoms with Gasteiger partial charge in [-0.1, -0.05) is 18.2 Å². The number of hydrogen-bond acceptors (Lipinski definition) is 7. The van der Waals surface area contributed by atoms with Crippen molar-refractivity contribution in [1.29, 1.82) is 0 Å². The van der Waals surface area contributed by atoms with Crippen LogP contribution in [0.2, 0.25) is 0 Å². The number of anilines is 3. The number of rotatable bonds is 7. The minimum absolute atomic E-state index is 0.510. The molecule has 0 amide bonds. The number of ether oxygens (including phenoxy) is 1. The van der Waals surface area contributed by atoms with Crippen molar-refractivity contribution in [3.63, 3.8) is 0 Å². The van der Waals surface area contributed by atoms with Crippen LogP contribution in [0.15, 0.2) is 60.9 Å². The second kappa shape index (κ2) is 9.14. The number of para-hydroxylation sites is 1. The van der Waals surface area contributed by atoms with Crippen LogP contribution in [0.5, 0.6) is 11.5 Å². The van der Waals surface area contributed by atoms with Crippen LogP contribution in [0.3, 0.4) is 0 Å². The third kappa shape index (κ3) is 5.17. The maximum Gasteiger partial charge on any atom is 0.231 e. The molecule has 1 aliphatic rings. The molecule has 7 nitrogen and oxygen atoms in total. The van der Waals surface area contributed by atoms with Crippen molar-refractivity contribution in [3.05, 3.63) is 60.9 Å². The van der Waals surface area contributed by atoms with Gasteiger partial charge >= 0.3 is 0 Å². The Morgan fingerprint density at radius 1 is 0.964 bits per heavy atom. The van der Waals surface area contributed by atoms with Gasteiger partial charge in [0.05, 0.1) is 0 Å². The molecule has 7 heteroatoms. The van der Waals surface area contributed by atoms with Crippen LogP contribution in [0.25, 0.3) is 0 Å². The van der Waals surface area contributed by atoms with E-state index in [4.69, 9.17) is 4.74 Å². The number of nitrogens with zero attached hydrogens (tertiary/aromatic N) is 3. The maximum absolute atomic E-state index is 5.81. The highest BCUT2D eigenvalue weighted by Gasteiger charge is 2.13. The minimum atomic E-state index is 0.510. The van der Waals surface area contributed by atoms with Crippen molar-refractivity contribution in [2.75, 3.05) is 30.3 Å². The lowest BCUT2D eigenvalue weighted by Gasteiger charge is -2.22. The molecule has 3 aromatic rings. The van der Waals surface area contributed by atoms with E-state index in [9.17, 15) is 0 Å². The van der Waals surface area contributed by atoms with Crippen molar-refractivity contribution >= 4 is 17.6 Å². The normalized spacial score (nSPS) is 16.4. The number of benzene rings is 2. The van der Waals surface area contributed by atoms with E-state index >= 15 is 0 Å². The third-order valence-corrected chi connectivity index (χ3v) is 4.61. The molecule has 1 aliphatic heterocycles. The van der Waals surface area contributed by atoms with Gasteiger partial charge in [-0.25, -0.2) is 9.97 Å². The van der Waals surface area contributed by atoms with Gasteiger partial charge < -0.3 is 20.7 Å². The Balaban J connectivity index is 1.33. The minimum Gasteiger partial charge on any atom is -0.457 e. The summed E-state index contributed by atoms with van der Waals surface area (Å²) in [4.78, 5) is 12.9. The lowest BCUT2D eigenvalue weighted by atomic mass is 10.00. The average Bonchev–Trinajstić information content (AvgIpc) is 2.76. The molecule has 1 saturated heterocycles. The lowest BCUT2D eigenvalue weighted by molar-refractivity contribution is 0.392. The third-order valence-electron chi connectivity index (χ3n) is 4.61. The SMILES string of the molecule is c1ccc(Oc2ccc(Nc3ncnc(NCC4CCCNC4)n3)cc2)cc1. The summed E-state index contributed by atoms with van der Waals surface area (Å²) in [7, 11) is 0. The number of piperidine rings is 1. The summed E-state index contributed by atoms with van der Waals surface area (Å²) < 4.78 is 5.81. The quantitative estimate of drug-likeness (QED) is 0.578. The lowest BCUT2D eigenvalue weighted by Crippen LogP contribution is -2.33. The zero-order valence-electron chi connectivity index (χ0n) is 15.6. The van der Waals surface area contributed by atoms with Gasteiger partial charge in [0.2, 0.25) is 11.9 Å². The van der Waals surface area contributed by atoms with Crippen LogP contribution in [0.4, 0.5) is 17.6 Å². The van der Waals surface area contributed by atoms with Crippen LogP contribution in [0, 0.1) is 5.92 Å². The summed E-state index contributed by atoms with van der Waals surface area (Å²) in [6.45, 7) is 3.02. The number of hydrogen-bond donors (Lipinski definition) is 3. The second-order valence-corrected chi connectivity index (χ2v) is 6.79. The topological polar surface area (TPSA) is 84.0 Å². The van der Waals surface area contributed by atoms with Crippen LogP contribution >= 0.6 is 0 Å². The van der Waals surface area contributed by atoms with E-state index in [2.05, 4.69) is 30.9 Å². The molecule has 2 heterocycles. The van der Waals surface area contributed by atoms with Gasteiger partial charge in [-0.3, -0.25) is 0 Å². The van der Waals surface area contributed by atoms with Crippen LogP contribution in [-0.4, -0.2) is 34.6 Å². The monoisotopic (exact) mass is 376 g/mol.